The smallest absolute Gasteiger partial charge is 0.235 e. The summed E-state index contributed by atoms with van der Waals surface area (Å²) in [4.78, 5) is 0. The van der Waals surface area contributed by atoms with E-state index in [1.807, 2.05) is 6.07 Å². The highest BCUT2D eigenvalue weighted by Crippen LogP contribution is 2.31. The molecule has 0 bridgehead atoms. The monoisotopic (exact) mass is 256 g/mol. The topological polar surface area (TPSA) is 61.2 Å². The van der Waals surface area contributed by atoms with Crippen LogP contribution in [0.3, 0.4) is 0 Å². The highest BCUT2D eigenvalue weighted by molar-refractivity contribution is 7.93. The molecule has 2 rings (SSSR count). The molecule has 1 fully saturated rings. The van der Waals surface area contributed by atoms with E-state index in [9.17, 15) is 8.42 Å². The summed E-state index contributed by atoms with van der Waals surface area (Å²) in [6.45, 7) is 0.452. The summed E-state index contributed by atoms with van der Waals surface area (Å²) in [6.07, 6.45) is 0.610. The fourth-order valence-electron chi connectivity index (χ4n) is 1.69. The molecule has 0 aliphatic carbocycles. The molecule has 1 aliphatic rings. The zero-order chi connectivity index (χ0) is 11.8. The molecular weight excluding hydrogens is 248 g/mol. The van der Waals surface area contributed by atoms with Crippen LogP contribution in [0.1, 0.15) is 12.0 Å². The van der Waals surface area contributed by atoms with Crippen LogP contribution in [-0.4, -0.2) is 20.7 Å². The summed E-state index contributed by atoms with van der Waals surface area (Å²) < 4.78 is 24.6. The van der Waals surface area contributed by atoms with Gasteiger partial charge >= 0.3 is 0 Å². The van der Waals surface area contributed by atoms with Gasteiger partial charge in [-0.15, -0.1) is 0 Å². The van der Waals surface area contributed by atoms with E-state index in [-0.39, 0.29) is 5.75 Å². The van der Waals surface area contributed by atoms with Crippen molar-refractivity contribution in [2.24, 2.45) is 0 Å². The Balaban J connectivity index is 2.46. The van der Waals surface area contributed by atoms with Crippen molar-refractivity contribution in [2.75, 3.05) is 16.6 Å². The van der Waals surface area contributed by atoms with E-state index in [4.69, 9.17) is 16.9 Å². The number of hydrogen-bond donors (Lipinski definition) is 0. The number of anilines is 1. The second-order valence-corrected chi connectivity index (χ2v) is 5.94. The van der Waals surface area contributed by atoms with E-state index in [0.717, 1.165) is 0 Å². The van der Waals surface area contributed by atoms with Crippen molar-refractivity contribution in [1.29, 1.82) is 5.26 Å². The Morgan fingerprint density at radius 1 is 1.44 bits per heavy atom. The first-order valence-corrected chi connectivity index (χ1v) is 6.73. The molecule has 4 nitrogen and oxygen atoms in total. The highest BCUT2D eigenvalue weighted by atomic mass is 35.5. The van der Waals surface area contributed by atoms with E-state index >= 15 is 0 Å². The zero-order valence-electron chi connectivity index (χ0n) is 8.35. The Morgan fingerprint density at radius 3 is 2.69 bits per heavy atom. The molecule has 0 atom stereocenters. The van der Waals surface area contributed by atoms with Crippen molar-refractivity contribution in [3.63, 3.8) is 0 Å². The lowest BCUT2D eigenvalue weighted by atomic mass is 10.2. The Kier molecular flexibility index (Phi) is 2.78. The maximum absolute atomic E-state index is 11.7. The van der Waals surface area contributed by atoms with E-state index in [1.54, 1.807) is 12.1 Å². The van der Waals surface area contributed by atoms with Crippen LogP contribution < -0.4 is 4.31 Å². The third-order valence-corrected chi connectivity index (χ3v) is 4.60. The maximum atomic E-state index is 11.7. The Labute approximate surface area is 99.1 Å². The van der Waals surface area contributed by atoms with Gasteiger partial charge in [-0.1, -0.05) is 11.6 Å². The molecule has 0 spiro atoms. The summed E-state index contributed by atoms with van der Waals surface area (Å²) in [5.74, 6) is 0.156. The lowest BCUT2D eigenvalue weighted by molar-refractivity contribution is 0.599. The van der Waals surface area contributed by atoms with E-state index in [1.165, 1.54) is 10.4 Å². The summed E-state index contributed by atoms with van der Waals surface area (Å²) in [7, 11) is -3.22. The molecule has 1 saturated heterocycles. The van der Waals surface area contributed by atoms with Crippen LogP contribution in [0, 0.1) is 11.3 Å². The second-order valence-electron chi connectivity index (χ2n) is 3.52. The van der Waals surface area contributed by atoms with Crippen molar-refractivity contribution in [3.05, 3.63) is 28.8 Å². The van der Waals surface area contributed by atoms with Gasteiger partial charge in [0.1, 0.15) is 0 Å². The summed E-state index contributed by atoms with van der Waals surface area (Å²) >= 11 is 5.96. The minimum Gasteiger partial charge on any atom is -0.269 e. The second kappa shape index (κ2) is 3.96. The molecule has 0 radical (unpaired) electrons. The standard InChI is InChI=1S/C10H9ClN2O2S/c11-9-6-8(7-12)2-3-10(9)13-4-1-5-16(13,14)15/h2-3,6H,1,4-5H2. The van der Waals surface area contributed by atoms with Gasteiger partial charge in [0.15, 0.2) is 0 Å². The van der Waals surface area contributed by atoms with Gasteiger partial charge in [0, 0.05) is 6.54 Å². The molecule has 6 heteroatoms. The number of nitriles is 1. The Hall–Kier alpha value is -1.25. The van der Waals surface area contributed by atoms with Crippen LogP contribution in [0.25, 0.3) is 0 Å². The fourth-order valence-corrected chi connectivity index (χ4v) is 3.60. The lowest BCUT2D eigenvalue weighted by Gasteiger charge is -2.18. The van der Waals surface area contributed by atoms with Crippen LogP contribution in [-0.2, 0) is 10.0 Å². The first-order chi connectivity index (χ1) is 7.54. The quantitative estimate of drug-likeness (QED) is 0.769. The first kappa shape index (κ1) is 11.2. The molecule has 0 amide bonds. The molecule has 1 aliphatic heterocycles. The molecule has 1 aromatic rings. The number of rotatable bonds is 1. The van der Waals surface area contributed by atoms with Crippen LogP contribution >= 0.6 is 11.6 Å². The minimum absolute atomic E-state index is 0.156. The number of benzene rings is 1. The molecule has 16 heavy (non-hydrogen) atoms. The molecule has 84 valence electrons. The molecule has 0 saturated carbocycles. The van der Waals surface area contributed by atoms with Crippen molar-refractivity contribution in [2.45, 2.75) is 6.42 Å². The predicted octanol–water partition coefficient (Wildman–Crippen LogP) is 1.75. The van der Waals surface area contributed by atoms with Gasteiger partial charge in [0.2, 0.25) is 10.0 Å². The van der Waals surface area contributed by atoms with E-state index in [2.05, 4.69) is 0 Å². The zero-order valence-corrected chi connectivity index (χ0v) is 9.92. The van der Waals surface area contributed by atoms with Gasteiger partial charge in [-0.3, -0.25) is 4.31 Å². The van der Waals surface area contributed by atoms with Gasteiger partial charge in [0.25, 0.3) is 0 Å². The SMILES string of the molecule is N#Cc1ccc(N2CCCS2(=O)=O)c(Cl)c1. The Bertz CT molecular complexity index is 563. The summed E-state index contributed by atoms with van der Waals surface area (Å²) in [5.41, 5.74) is 0.878. The number of sulfonamides is 1. The summed E-state index contributed by atoms with van der Waals surface area (Å²) in [5, 5.41) is 8.98. The molecule has 0 aromatic heterocycles. The number of halogens is 1. The normalized spacial score (nSPS) is 18.4. The van der Waals surface area contributed by atoms with Gasteiger partial charge in [-0.2, -0.15) is 5.26 Å². The molecule has 0 N–H and O–H groups in total. The van der Waals surface area contributed by atoms with Crippen molar-refractivity contribution in [1.82, 2.24) is 0 Å². The van der Waals surface area contributed by atoms with Crippen molar-refractivity contribution >= 4 is 27.3 Å². The Morgan fingerprint density at radius 2 is 2.19 bits per heavy atom. The van der Waals surface area contributed by atoms with E-state index in [0.29, 0.717) is 29.2 Å². The maximum Gasteiger partial charge on any atom is 0.235 e. The third-order valence-electron chi connectivity index (χ3n) is 2.44. The average Bonchev–Trinajstić information content (AvgIpc) is 2.58. The largest absolute Gasteiger partial charge is 0.269 e. The van der Waals surface area contributed by atoms with Gasteiger partial charge in [-0.05, 0) is 24.6 Å². The molecule has 0 unspecified atom stereocenters. The van der Waals surface area contributed by atoms with Crippen LogP contribution in [0.2, 0.25) is 5.02 Å². The van der Waals surface area contributed by atoms with E-state index < -0.39 is 10.0 Å². The van der Waals surface area contributed by atoms with Crippen LogP contribution in [0.4, 0.5) is 5.69 Å². The first-order valence-electron chi connectivity index (χ1n) is 4.75. The van der Waals surface area contributed by atoms with Crippen molar-refractivity contribution in [3.8, 4) is 6.07 Å². The van der Waals surface area contributed by atoms with Crippen LogP contribution in [0.15, 0.2) is 18.2 Å². The molecule has 1 aromatic carbocycles. The third kappa shape index (κ3) is 1.86. The lowest BCUT2D eigenvalue weighted by Crippen LogP contribution is -2.25. The van der Waals surface area contributed by atoms with Gasteiger partial charge in [-0.25, -0.2) is 8.42 Å². The minimum atomic E-state index is -3.22. The summed E-state index contributed by atoms with van der Waals surface area (Å²) in [6, 6.07) is 6.57. The van der Waals surface area contributed by atoms with Crippen LogP contribution in [0.5, 0.6) is 0 Å². The fraction of sp³-hybridized carbons (Fsp3) is 0.300. The van der Waals surface area contributed by atoms with Gasteiger partial charge in [0.05, 0.1) is 28.1 Å². The average molecular weight is 257 g/mol. The van der Waals surface area contributed by atoms with Crippen molar-refractivity contribution < 1.29 is 8.42 Å². The number of hydrogen-bond acceptors (Lipinski definition) is 3. The molecular formula is C10H9ClN2O2S. The molecule has 1 heterocycles. The number of nitrogens with zero attached hydrogens (tertiary/aromatic N) is 2. The predicted molar refractivity (Wildman–Crippen MR) is 61.9 cm³/mol. The van der Waals surface area contributed by atoms with Gasteiger partial charge < -0.3 is 0 Å². The highest BCUT2D eigenvalue weighted by Gasteiger charge is 2.29.